The van der Waals surface area contributed by atoms with E-state index >= 15 is 0 Å². The SMILES string of the molecule is NC(=O)C(N)Cc1ccc([N+](=O)[O-])cc1[N+](=O)[O-]. The third-order valence-electron chi connectivity index (χ3n) is 2.28. The van der Waals surface area contributed by atoms with Gasteiger partial charge in [0.1, 0.15) is 0 Å². The van der Waals surface area contributed by atoms with Crippen LogP contribution in [-0.4, -0.2) is 21.8 Å². The molecular weight excluding hydrogens is 244 g/mol. The van der Waals surface area contributed by atoms with Gasteiger partial charge in [-0.25, -0.2) is 0 Å². The molecule has 0 aliphatic heterocycles. The molecule has 9 nitrogen and oxygen atoms in total. The van der Waals surface area contributed by atoms with Gasteiger partial charge in [0, 0.05) is 18.1 Å². The zero-order chi connectivity index (χ0) is 13.9. The fraction of sp³-hybridized carbons (Fsp3) is 0.222. The van der Waals surface area contributed by atoms with E-state index in [1.165, 1.54) is 6.07 Å². The quantitative estimate of drug-likeness (QED) is 0.550. The van der Waals surface area contributed by atoms with Crippen molar-refractivity contribution in [2.45, 2.75) is 12.5 Å². The lowest BCUT2D eigenvalue weighted by atomic mass is 10.0. The smallest absolute Gasteiger partial charge is 0.279 e. The normalized spacial score (nSPS) is 11.8. The maximum absolute atomic E-state index is 10.8. The monoisotopic (exact) mass is 254 g/mol. The van der Waals surface area contributed by atoms with Crippen molar-refractivity contribution in [3.8, 4) is 0 Å². The Morgan fingerprint density at radius 3 is 2.33 bits per heavy atom. The van der Waals surface area contributed by atoms with E-state index in [1.54, 1.807) is 0 Å². The van der Waals surface area contributed by atoms with Crippen LogP contribution in [0.1, 0.15) is 5.56 Å². The number of nitro groups is 2. The Morgan fingerprint density at radius 2 is 1.89 bits per heavy atom. The maximum atomic E-state index is 10.8. The van der Waals surface area contributed by atoms with Crippen LogP contribution in [0.15, 0.2) is 18.2 Å². The van der Waals surface area contributed by atoms with Gasteiger partial charge in [0.05, 0.1) is 22.0 Å². The van der Waals surface area contributed by atoms with Crippen molar-refractivity contribution in [2.24, 2.45) is 11.5 Å². The first-order chi connectivity index (χ1) is 8.32. The topological polar surface area (TPSA) is 155 Å². The number of primary amides is 1. The van der Waals surface area contributed by atoms with Crippen LogP contribution in [0.2, 0.25) is 0 Å². The first-order valence-electron chi connectivity index (χ1n) is 4.79. The minimum Gasteiger partial charge on any atom is -0.368 e. The zero-order valence-corrected chi connectivity index (χ0v) is 9.11. The van der Waals surface area contributed by atoms with Crippen LogP contribution in [0.3, 0.4) is 0 Å². The highest BCUT2D eigenvalue weighted by molar-refractivity contribution is 5.80. The molecule has 0 heterocycles. The standard InChI is InChI=1S/C9H10N4O5/c10-7(9(11)14)3-5-1-2-6(12(15)16)4-8(5)13(17)18/h1-2,4,7H,3,10H2,(H2,11,14). The molecule has 1 aromatic carbocycles. The predicted molar refractivity (Wildman–Crippen MR) is 60.6 cm³/mol. The second kappa shape index (κ2) is 5.19. The van der Waals surface area contributed by atoms with E-state index in [2.05, 4.69) is 0 Å². The summed E-state index contributed by atoms with van der Waals surface area (Å²) in [5, 5.41) is 21.3. The third-order valence-corrected chi connectivity index (χ3v) is 2.28. The molecule has 1 rings (SSSR count). The molecular formula is C9H10N4O5. The number of non-ortho nitro benzene ring substituents is 1. The first-order valence-corrected chi connectivity index (χ1v) is 4.79. The van der Waals surface area contributed by atoms with Crippen LogP contribution < -0.4 is 11.5 Å². The molecule has 9 heteroatoms. The fourth-order valence-electron chi connectivity index (χ4n) is 1.35. The minimum atomic E-state index is -1.08. The van der Waals surface area contributed by atoms with E-state index in [9.17, 15) is 25.0 Å². The highest BCUT2D eigenvalue weighted by Gasteiger charge is 2.22. The predicted octanol–water partition coefficient (Wildman–Crippen LogP) is -0.142. The van der Waals surface area contributed by atoms with Crippen LogP contribution in [0, 0.1) is 20.2 Å². The van der Waals surface area contributed by atoms with Crippen molar-refractivity contribution < 1.29 is 14.6 Å². The number of amides is 1. The van der Waals surface area contributed by atoms with Crippen molar-refractivity contribution in [1.82, 2.24) is 0 Å². The zero-order valence-electron chi connectivity index (χ0n) is 9.11. The third kappa shape index (κ3) is 2.98. The summed E-state index contributed by atoms with van der Waals surface area (Å²) in [6.45, 7) is 0. The largest absolute Gasteiger partial charge is 0.368 e. The molecule has 4 N–H and O–H groups in total. The molecule has 1 aromatic rings. The Morgan fingerprint density at radius 1 is 1.28 bits per heavy atom. The summed E-state index contributed by atoms with van der Waals surface area (Å²) in [6.07, 6.45) is -0.149. The average molecular weight is 254 g/mol. The Kier molecular flexibility index (Phi) is 3.89. The van der Waals surface area contributed by atoms with Gasteiger partial charge in [-0.15, -0.1) is 0 Å². The van der Waals surface area contributed by atoms with Gasteiger partial charge in [0.2, 0.25) is 5.91 Å². The Labute approximate surface area is 101 Å². The van der Waals surface area contributed by atoms with Gasteiger partial charge < -0.3 is 11.5 Å². The highest BCUT2D eigenvalue weighted by atomic mass is 16.6. The molecule has 0 fully saturated rings. The van der Waals surface area contributed by atoms with Crippen LogP contribution in [0.25, 0.3) is 0 Å². The van der Waals surface area contributed by atoms with Gasteiger partial charge in [-0.3, -0.25) is 25.0 Å². The van der Waals surface area contributed by atoms with E-state index in [0.29, 0.717) is 0 Å². The molecule has 0 aliphatic carbocycles. The molecule has 0 saturated carbocycles. The molecule has 18 heavy (non-hydrogen) atoms. The number of hydrogen-bond acceptors (Lipinski definition) is 6. The summed E-state index contributed by atoms with van der Waals surface area (Å²) in [5.41, 5.74) is 9.59. The highest BCUT2D eigenvalue weighted by Crippen LogP contribution is 2.25. The molecule has 0 spiro atoms. The van der Waals surface area contributed by atoms with E-state index in [0.717, 1.165) is 12.1 Å². The maximum Gasteiger partial charge on any atom is 0.279 e. The summed E-state index contributed by atoms with van der Waals surface area (Å²) < 4.78 is 0. The molecule has 0 bridgehead atoms. The van der Waals surface area contributed by atoms with Crippen molar-refractivity contribution in [3.05, 3.63) is 44.0 Å². The molecule has 0 aliphatic rings. The molecule has 1 atom stereocenters. The van der Waals surface area contributed by atoms with Crippen LogP contribution in [0.5, 0.6) is 0 Å². The number of nitrogens with two attached hydrogens (primary N) is 2. The molecule has 1 amide bonds. The summed E-state index contributed by atoms with van der Waals surface area (Å²) in [6, 6.07) is 2.04. The number of carbonyl (C=O) groups is 1. The summed E-state index contributed by atoms with van der Waals surface area (Å²) in [5.74, 6) is -0.803. The van der Waals surface area contributed by atoms with Crippen LogP contribution >= 0.6 is 0 Å². The van der Waals surface area contributed by atoms with Gasteiger partial charge in [0.25, 0.3) is 11.4 Å². The second-order valence-corrected chi connectivity index (χ2v) is 3.54. The van der Waals surface area contributed by atoms with Crippen molar-refractivity contribution in [1.29, 1.82) is 0 Å². The Bertz CT molecular complexity index is 516. The number of rotatable bonds is 5. The second-order valence-electron chi connectivity index (χ2n) is 3.54. The number of nitro benzene ring substituents is 2. The summed E-state index contributed by atoms with van der Waals surface area (Å²) in [7, 11) is 0. The number of nitrogens with zero attached hydrogens (tertiary/aromatic N) is 2. The van der Waals surface area contributed by atoms with E-state index < -0.39 is 33.2 Å². The number of hydrogen-bond donors (Lipinski definition) is 2. The van der Waals surface area contributed by atoms with Crippen molar-refractivity contribution in [2.75, 3.05) is 0 Å². The number of carbonyl (C=O) groups excluding carboxylic acids is 1. The van der Waals surface area contributed by atoms with E-state index in [-0.39, 0.29) is 12.0 Å². The summed E-state index contributed by atoms with van der Waals surface area (Å²) >= 11 is 0. The van der Waals surface area contributed by atoms with Crippen molar-refractivity contribution in [3.63, 3.8) is 0 Å². The lowest BCUT2D eigenvalue weighted by molar-refractivity contribution is -0.394. The lowest BCUT2D eigenvalue weighted by Gasteiger charge is -2.07. The van der Waals surface area contributed by atoms with E-state index in [1.807, 2.05) is 0 Å². The molecule has 0 saturated heterocycles. The van der Waals surface area contributed by atoms with Gasteiger partial charge in [-0.1, -0.05) is 0 Å². The van der Waals surface area contributed by atoms with Crippen molar-refractivity contribution >= 4 is 17.3 Å². The van der Waals surface area contributed by atoms with Gasteiger partial charge in [0.15, 0.2) is 0 Å². The molecule has 0 radical (unpaired) electrons. The number of benzene rings is 1. The Hall–Kier alpha value is -2.55. The molecule has 1 unspecified atom stereocenters. The van der Waals surface area contributed by atoms with Crippen LogP contribution in [0.4, 0.5) is 11.4 Å². The minimum absolute atomic E-state index is 0.122. The molecule has 0 aromatic heterocycles. The van der Waals surface area contributed by atoms with Gasteiger partial charge in [-0.05, 0) is 6.07 Å². The molecule has 96 valence electrons. The average Bonchev–Trinajstić information content (AvgIpc) is 2.28. The fourth-order valence-corrected chi connectivity index (χ4v) is 1.35. The van der Waals surface area contributed by atoms with E-state index in [4.69, 9.17) is 11.5 Å². The lowest BCUT2D eigenvalue weighted by Crippen LogP contribution is -2.38. The van der Waals surface area contributed by atoms with Gasteiger partial charge in [-0.2, -0.15) is 0 Å². The van der Waals surface area contributed by atoms with Crippen LogP contribution in [-0.2, 0) is 11.2 Å². The first kappa shape index (κ1) is 13.5. The summed E-state index contributed by atoms with van der Waals surface area (Å²) in [4.78, 5) is 30.5. The van der Waals surface area contributed by atoms with Gasteiger partial charge >= 0.3 is 0 Å². The Balaban J connectivity index is 3.16.